The van der Waals surface area contributed by atoms with Crippen LogP contribution in [0.1, 0.15) is 55.1 Å². The zero-order chi connectivity index (χ0) is 16.9. The van der Waals surface area contributed by atoms with Gasteiger partial charge in [0.2, 0.25) is 0 Å². The van der Waals surface area contributed by atoms with Crippen LogP contribution in [0, 0.1) is 5.92 Å². The molecule has 2 atom stereocenters. The average Bonchev–Trinajstić information content (AvgIpc) is 3.19. The first-order valence-corrected chi connectivity index (χ1v) is 9.83. The fraction of sp³-hybridized carbons (Fsp3) is 0.667. The molecule has 3 heterocycles. The highest BCUT2D eigenvalue weighted by molar-refractivity contribution is 7.12. The topological polar surface area (TPSA) is 58.6 Å². The molecule has 6 heteroatoms. The summed E-state index contributed by atoms with van der Waals surface area (Å²) >= 11 is 1.47. The van der Waals surface area contributed by atoms with Crippen molar-refractivity contribution < 1.29 is 14.3 Å². The summed E-state index contributed by atoms with van der Waals surface area (Å²) in [7, 11) is 0. The second-order valence-electron chi connectivity index (χ2n) is 6.70. The molecule has 1 aromatic heterocycles. The molecule has 0 aliphatic carbocycles. The predicted octanol–water partition coefficient (Wildman–Crippen LogP) is 3.66. The number of nitrogens with zero attached hydrogens (tertiary/aromatic N) is 1. The van der Waals surface area contributed by atoms with Crippen LogP contribution in [0.5, 0.6) is 0 Å². The molecule has 2 amide bonds. The van der Waals surface area contributed by atoms with Crippen molar-refractivity contribution in [1.82, 2.24) is 10.2 Å². The predicted molar refractivity (Wildman–Crippen MR) is 94.3 cm³/mol. The zero-order valence-corrected chi connectivity index (χ0v) is 15.0. The van der Waals surface area contributed by atoms with Gasteiger partial charge in [0.1, 0.15) is 0 Å². The Bertz CT molecular complexity index is 547. The summed E-state index contributed by atoms with van der Waals surface area (Å²) in [4.78, 5) is 26.7. The number of thiophene rings is 1. The molecule has 0 saturated carbocycles. The fourth-order valence-corrected chi connectivity index (χ4v) is 4.75. The first-order chi connectivity index (χ1) is 11.7. The van der Waals surface area contributed by atoms with Gasteiger partial charge in [0.15, 0.2) is 0 Å². The molecule has 2 bridgehead atoms. The molecular weight excluding hydrogens is 324 g/mol. The van der Waals surface area contributed by atoms with Crippen molar-refractivity contribution in [3.05, 3.63) is 22.4 Å². The van der Waals surface area contributed by atoms with Crippen LogP contribution in [0.3, 0.4) is 0 Å². The van der Waals surface area contributed by atoms with E-state index < -0.39 is 0 Å². The second kappa shape index (κ2) is 8.01. The Kier molecular flexibility index (Phi) is 5.76. The van der Waals surface area contributed by atoms with E-state index in [-0.39, 0.29) is 12.0 Å². The Balaban J connectivity index is 1.39. The molecule has 2 aliphatic heterocycles. The molecule has 2 fully saturated rings. The van der Waals surface area contributed by atoms with Crippen molar-refractivity contribution >= 4 is 23.3 Å². The van der Waals surface area contributed by atoms with Crippen LogP contribution in [0.4, 0.5) is 4.79 Å². The SMILES string of the molecule is CCOC(=O)N1C2CCC1CC(CCCNC(=O)c1cccs1)C2. The van der Waals surface area contributed by atoms with Gasteiger partial charge in [-0.3, -0.25) is 4.79 Å². The minimum atomic E-state index is -0.133. The van der Waals surface area contributed by atoms with Crippen molar-refractivity contribution in [3.63, 3.8) is 0 Å². The summed E-state index contributed by atoms with van der Waals surface area (Å²) in [6.45, 7) is 3.03. The van der Waals surface area contributed by atoms with Crippen LogP contribution in [-0.2, 0) is 4.74 Å². The van der Waals surface area contributed by atoms with E-state index in [0.29, 0.717) is 24.6 Å². The van der Waals surface area contributed by atoms with E-state index in [2.05, 4.69) is 5.32 Å². The van der Waals surface area contributed by atoms with Gasteiger partial charge >= 0.3 is 6.09 Å². The van der Waals surface area contributed by atoms with E-state index in [9.17, 15) is 9.59 Å². The maximum absolute atomic E-state index is 12.1. The van der Waals surface area contributed by atoms with Crippen molar-refractivity contribution in [2.75, 3.05) is 13.2 Å². The van der Waals surface area contributed by atoms with E-state index >= 15 is 0 Å². The summed E-state index contributed by atoms with van der Waals surface area (Å²) in [5, 5.41) is 4.91. The average molecular weight is 350 g/mol. The van der Waals surface area contributed by atoms with Gasteiger partial charge in [-0.2, -0.15) is 0 Å². The Morgan fingerprint density at radius 3 is 2.71 bits per heavy atom. The summed E-state index contributed by atoms with van der Waals surface area (Å²) < 4.78 is 5.20. The number of piperidine rings is 1. The highest BCUT2D eigenvalue weighted by Crippen LogP contribution is 2.40. The monoisotopic (exact) mass is 350 g/mol. The Labute approximate surface area is 147 Å². The van der Waals surface area contributed by atoms with E-state index in [0.717, 1.165) is 49.9 Å². The summed E-state index contributed by atoms with van der Waals surface area (Å²) in [5.41, 5.74) is 0. The molecule has 132 valence electrons. The molecule has 3 rings (SSSR count). The normalized spacial score (nSPS) is 25.5. The van der Waals surface area contributed by atoms with Crippen LogP contribution in [0.2, 0.25) is 0 Å². The Morgan fingerprint density at radius 1 is 1.33 bits per heavy atom. The van der Waals surface area contributed by atoms with Crippen molar-refractivity contribution in [2.45, 2.75) is 57.5 Å². The Morgan fingerprint density at radius 2 is 2.08 bits per heavy atom. The number of carbonyl (C=O) groups is 2. The van der Waals surface area contributed by atoms with E-state index in [1.165, 1.54) is 11.3 Å². The standard InChI is InChI=1S/C18H26N2O3S/c1-2-23-18(22)20-14-7-8-15(20)12-13(11-14)5-3-9-19-17(21)16-6-4-10-24-16/h4,6,10,13-15H,2-3,5,7-9,11-12H2,1H3,(H,19,21). The van der Waals surface area contributed by atoms with Crippen LogP contribution >= 0.6 is 11.3 Å². The smallest absolute Gasteiger partial charge is 0.410 e. The quantitative estimate of drug-likeness (QED) is 0.797. The van der Waals surface area contributed by atoms with Gasteiger partial charge in [0.05, 0.1) is 11.5 Å². The Hall–Kier alpha value is -1.56. The number of nitrogens with one attached hydrogen (secondary N) is 1. The molecule has 0 aromatic carbocycles. The minimum Gasteiger partial charge on any atom is -0.450 e. The van der Waals surface area contributed by atoms with Crippen LogP contribution in [-0.4, -0.2) is 42.1 Å². The number of ether oxygens (including phenoxy) is 1. The van der Waals surface area contributed by atoms with E-state index in [1.54, 1.807) is 0 Å². The fourth-order valence-electron chi connectivity index (χ4n) is 4.11. The summed E-state index contributed by atoms with van der Waals surface area (Å²) in [5.74, 6) is 0.689. The minimum absolute atomic E-state index is 0.0298. The van der Waals surface area contributed by atoms with Gasteiger partial charge in [0, 0.05) is 18.6 Å². The third kappa shape index (κ3) is 3.91. The number of amides is 2. The molecular formula is C18H26N2O3S. The lowest BCUT2D eigenvalue weighted by molar-refractivity contribution is 0.0588. The molecule has 5 nitrogen and oxygen atoms in total. The molecule has 2 saturated heterocycles. The summed E-state index contributed by atoms with van der Waals surface area (Å²) in [6, 6.07) is 4.46. The molecule has 0 radical (unpaired) electrons. The van der Waals surface area contributed by atoms with Crippen LogP contribution < -0.4 is 5.32 Å². The van der Waals surface area contributed by atoms with Crippen molar-refractivity contribution in [1.29, 1.82) is 0 Å². The lowest BCUT2D eigenvalue weighted by Crippen LogP contribution is -2.46. The highest BCUT2D eigenvalue weighted by Gasteiger charge is 2.43. The van der Waals surface area contributed by atoms with Gasteiger partial charge in [-0.05, 0) is 62.8 Å². The molecule has 2 aliphatic rings. The van der Waals surface area contributed by atoms with Gasteiger partial charge in [-0.1, -0.05) is 6.07 Å². The second-order valence-corrected chi connectivity index (χ2v) is 7.65. The number of rotatable bonds is 6. The maximum Gasteiger partial charge on any atom is 0.410 e. The lowest BCUT2D eigenvalue weighted by Gasteiger charge is -2.38. The largest absolute Gasteiger partial charge is 0.450 e. The molecule has 2 unspecified atom stereocenters. The highest BCUT2D eigenvalue weighted by atomic mass is 32.1. The van der Waals surface area contributed by atoms with E-state index in [4.69, 9.17) is 4.74 Å². The molecule has 0 spiro atoms. The summed E-state index contributed by atoms with van der Waals surface area (Å²) in [6.07, 6.45) is 6.35. The lowest BCUT2D eigenvalue weighted by atomic mass is 9.87. The van der Waals surface area contributed by atoms with Crippen LogP contribution in [0.15, 0.2) is 17.5 Å². The van der Waals surface area contributed by atoms with Crippen molar-refractivity contribution in [2.24, 2.45) is 5.92 Å². The molecule has 1 N–H and O–H groups in total. The van der Waals surface area contributed by atoms with E-state index in [1.807, 2.05) is 29.3 Å². The number of carbonyl (C=O) groups excluding carboxylic acids is 2. The maximum atomic E-state index is 12.1. The van der Waals surface area contributed by atoms with Gasteiger partial charge in [-0.25, -0.2) is 4.79 Å². The number of hydrogen-bond acceptors (Lipinski definition) is 4. The number of hydrogen-bond donors (Lipinski definition) is 1. The van der Waals surface area contributed by atoms with Crippen molar-refractivity contribution in [3.8, 4) is 0 Å². The third-order valence-electron chi connectivity index (χ3n) is 5.13. The number of fused-ring (bicyclic) bond motifs is 2. The van der Waals surface area contributed by atoms with Gasteiger partial charge < -0.3 is 15.0 Å². The van der Waals surface area contributed by atoms with Gasteiger partial charge in [-0.15, -0.1) is 11.3 Å². The first kappa shape index (κ1) is 17.3. The molecule has 1 aromatic rings. The first-order valence-electron chi connectivity index (χ1n) is 8.95. The van der Waals surface area contributed by atoms with Gasteiger partial charge in [0.25, 0.3) is 5.91 Å². The van der Waals surface area contributed by atoms with Crippen LogP contribution in [0.25, 0.3) is 0 Å². The third-order valence-corrected chi connectivity index (χ3v) is 6.00. The molecule has 24 heavy (non-hydrogen) atoms. The zero-order valence-electron chi connectivity index (χ0n) is 14.2.